The van der Waals surface area contributed by atoms with Gasteiger partial charge in [0.2, 0.25) is 5.91 Å². The molecule has 2 aromatic carbocycles. The van der Waals surface area contributed by atoms with E-state index < -0.39 is 23.4 Å². The maximum atomic E-state index is 12.7. The van der Waals surface area contributed by atoms with Gasteiger partial charge < -0.3 is 5.32 Å². The number of nitrogens with one attached hydrogen (secondary N) is 2. The standard InChI is InChI=1S/C18H15Cl2N3O3/c1-18(12-5-3-2-4-6-12)16(25)23(17(26)21-18)22-15(24)10-11-7-8-13(19)14(20)9-11/h2-9H,10H2,1H3,(H,21,26)(H,22,24)/t18-/m0/s1. The SMILES string of the molecule is C[C@@]1(c2ccccc2)NC(=O)N(NC(=O)Cc2ccc(Cl)c(Cl)c2)C1=O. The molecule has 3 rings (SSSR count). The zero-order valence-corrected chi connectivity index (χ0v) is 15.3. The molecular formula is C18H15Cl2N3O3. The van der Waals surface area contributed by atoms with Crippen molar-refractivity contribution in [1.29, 1.82) is 0 Å². The third-order valence-electron chi connectivity index (χ3n) is 4.13. The molecule has 1 saturated heterocycles. The van der Waals surface area contributed by atoms with Gasteiger partial charge in [-0.1, -0.05) is 59.6 Å². The summed E-state index contributed by atoms with van der Waals surface area (Å²) in [4.78, 5) is 37.2. The molecule has 1 aliphatic heterocycles. The third-order valence-corrected chi connectivity index (χ3v) is 4.87. The Kier molecular flexibility index (Phi) is 4.89. The highest BCUT2D eigenvalue weighted by atomic mass is 35.5. The Bertz CT molecular complexity index is 889. The first kappa shape index (κ1) is 18.2. The monoisotopic (exact) mass is 391 g/mol. The van der Waals surface area contributed by atoms with Gasteiger partial charge in [0.15, 0.2) is 0 Å². The van der Waals surface area contributed by atoms with Crippen molar-refractivity contribution in [3.63, 3.8) is 0 Å². The maximum absolute atomic E-state index is 12.7. The Morgan fingerprint density at radius 3 is 2.46 bits per heavy atom. The lowest BCUT2D eigenvalue weighted by Crippen LogP contribution is -2.48. The average molecular weight is 392 g/mol. The van der Waals surface area contributed by atoms with Crippen LogP contribution in [0.4, 0.5) is 4.79 Å². The molecule has 8 heteroatoms. The highest BCUT2D eigenvalue weighted by Gasteiger charge is 2.49. The molecule has 1 fully saturated rings. The summed E-state index contributed by atoms with van der Waals surface area (Å²) in [5.41, 5.74) is 2.33. The Morgan fingerprint density at radius 1 is 1.12 bits per heavy atom. The number of carbonyl (C=O) groups excluding carboxylic acids is 3. The van der Waals surface area contributed by atoms with Crippen LogP contribution in [0.1, 0.15) is 18.1 Å². The van der Waals surface area contributed by atoms with Crippen LogP contribution < -0.4 is 10.7 Å². The van der Waals surface area contributed by atoms with Crippen LogP contribution in [0, 0.1) is 0 Å². The second kappa shape index (κ2) is 6.97. The van der Waals surface area contributed by atoms with Crippen LogP contribution in [-0.2, 0) is 21.5 Å². The Morgan fingerprint density at radius 2 is 1.81 bits per heavy atom. The van der Waals surface area contributed by atoms with E-state index in [-0.39, 0.29) is 6.42 Å². The van der Waals surface area contributed by atoms with E-state index in [1.165, 1.54) is 0 Å². The van der Waals surface area contributed by atoms with Crippen LogP contribution in [0.25, 0.3) is 0 Å². The van der Waals surface area contributed by atoms with Crippen molar-refractivity contribution in [3.8, 4) is 0 Å². The van der Waals surface area contributed by atoms with Crippen molar-refractivity contribution >= 4 is 41.0 Å². The summed E-state index contributed by atoms with van der Waals surface area (Å²) in [6.07, 6.45) is -0.0595. The number of nitrogens with zero attached hydrogens (tertiary/aromatic N) is 1. The third kappa shape index (κ3) is 3.38. The summed E-state index contributed by atoms with van der Waals surface area (Å²) in [7, 11) is 0. The summed E-state index contributed by atoms with van der Waals surface area (Å²) in [6, 6.07) is 12.9. The number of rotatable bonds is 4. The number of hydrogen-bond donors (Lipinski definition) is 2. The van der Waals surface area contributed by atoms with E-state index in [1.54, 1.807) is 49.4 Å². The van der Waals surface area contributed by atoms with Gasteiger partial charge in [-0.3, -0.25) is 15.0 Å². The fourth-order valence-corrected chi connectivity index (χ4v) is 3.03. The van der Waals surface area contributed by atoms with Crippen molar-refractivity contribution in [3.05, 3.63) is 69.7 Å². The highest BCUT2D eigenvalue weighted by Crippen LogP contribution is 2.27. The van der Waals surface area contributed by atoms with Crippen molar-refractivity contribution in [2.24, 2.45) is 0 Å². The number of amides is 4. The Balaban J connectivity index is 1.73. The number of hydrogen-bond acceptors (Lipinski definition) is 3. The number of carbonyl (C=O) groups is 3. The van der Waals surface area contributed by atoms with E-state index in [1.807, 2.05) is 6.07 Å². The highest BCUT2D eigenvalue weighted by molar-refractivity contribution is 6.42. The van der Waals surface area contributed by atoms with Gasteiger partial charge in [0.25, 0.3) is 5.91 Å². The van der Waals surface area contributed by atoms with Gasteiger partial charge in [-0.15, -0.1) is 0 Å². The lowest BCUT2D eigenvalue weighted by atomic mass is 9.92. The molecule has 26 heavy (non-hydrogen) atoms. The topological polar surface area (TPSA) is 78.5 Å². The molecule has 0 aliphatic carbocycles. The number of hydrazine groups is 1. The lowest BCUT2D eigenvalue weighted by Gasteiger charge is -2.22. The zero-order valence-electron chi connectivity index (χ0n) is 13.8. The van der Waals surface area contributed by atoms with Gasteiger partial charge in [0.1, 0.15) is 5.54 Å². The van der Waals surface area contributed by atoms with Crippen molar-refractivity contribution < 1.29 is 14.4 Å². The first-order valence-corrected chi connectivity index (χ1v) is 8.52. The molecule has 2 aromatic rings. The Labute approximate surface area is 160 Å². The molecule has 0 saturated carbocycles. The van der Waals surface area contributed by atoms with E-state index in [2.05, 4.69) is 10.7 Å². The molecule has 1 aliphatic rings. The van der Waals surface area contributed by atoms with Gasteiger partial charge in [-0.05, 0) is 30.2 Å². The molecule has 134 valence electrons. The molecule has 1 atom stereocenters. The van der Waals surface area contributed by atoms with Crippen molar-refractivity contribution in [1.82, 2.24) is 15.8 Å². The van der Waals surface area contributed by atoms with Crippen LogP contribution in [0.5, 0.6) is 0 Å². The van der Waals surface area contributed by atoms with Crippen LogP contribution >= 0.6 is 23.2 Å². The molecule has 0 spiro atoms. The predicted octanol–water partition coefficient (Wildman–Crippen LogP) is 3.03. The van der Waals surface area contributed by atoms with Crippen LogP contribution in [0.3, 0.4) is 0 Å². The number of halogens is 2. The van der Waals surface area contributed by atoms with E-state index in [0.29, 0.717) is 26.2 Å². The van der Waals surface area contributed by atoms with E-state index in [4.69, 9.17) is 23.2 Å². The minimum Gasteiger partial charge on any atom is -0.318 e. The zero-order chi connectivity index (χ0) is 18.9. The van der Waals surface area contributed by atoms with Gasteiger partial charge >= 0.3 is 6.03 Å². The van der Waals surface area contributed by atoms with Crippen LogP contribution in [0.2, 0.25) is 10.0 Å². The molecule has 6 nitrogen and oxygen atoms in total. The van der Waals surface area contributed by atoms with E-state index in [9.17, 15) is 14.4 Å². The summed E-state index contributed by atoms with van der Waals surface area (Å²) < 4.78 is 0. The van der Waals surface area contributed by atoms with Crippen LogP contribution in [0.15, 0.2) is 48.5 Å². The molecule has 0 aromatic heterocycles. The molecular weight excluding hydrogens is 377 g/mol. The van der Waals surface area contributed by atoms with Crippen molar-refractivity contribution in [2.45, 2.75) is 18.9 Å². The smallest absolute Gasteiger partial charge is 0.318 e. The van der Waals surface area contributed by atoms with Gasteiger partial charge in [-0.25, -0.2) is 4.79 Å². The summed E-state index contributed by atoms with van der Waals surface area (Å²) >= 11 is 11.8. The number of imide groups is 1. The minimum absolute atomic E-state index is 0.0595. The summed E-state index contributed by atoms with van der Waals surface area (Å²) in [5.74, 6) is -1.08. The second-order valence-corrected chi connectivity index (χ2v) is 6.84. The quantitative estimate of drug-likeness (QED) is 0.786. The number of benzene rings is 2. The van der Waals surface area contributed by atoms with Crippen molar-refractivity contribution in [2.75, 3.05) is 0 Å². The van der Waals surface area contributed by atoms with Gasteiger partial charge in [0, 0.05) is 0 Å². The molecule has 0 radical (unpaired) electrons. The van der Waals surface area contributed by atoms with E-state index in [0.717, 1.165) is 0 Å². The van der Waals surface area contributed by atoms with E-state index >= 15 is 0 Å². The first-order valence-electron chi connectivity index (χ1n) is 7.77. The minimum atomic E-state index is -1.24. The fraction of sp³-hybridized carbons (Fsp3) is 0.167. The van der Waals surface area contributed by atoms with Gasteiger partial charge in [-0.2, -0.15) is 5.01 Å². The summed E-state index contributed by atoms with van der Waals surface area (Å²) in [6.45, 7) is 1.59. The normalized spacial score (nSPS) is 19.4. The molecule has 1 heterocycles. The predicted molar refractivity (Wildman–Crippen MR) is 97.5 cm³/mol. The average Bonchev–Trinajstić information content (AvgIpc) is 2.83. The Hall–Kier alpha value is -2.57. The first-order chi connectivity index (χ1) is 12.3. The number of urea groups is 1. The fourth-order valence-electron chi connectivity index (χ4n) is 2.71. The maximum Gasteiger partial charge on any atom is 0.344 e. The van der Waals surface area contributed by atoms with Crippen LogP contribution in [-0.4, -0.2) is 22.9 Å². The molecule has 0 unspecified atom stereocenters. The molecule has 4 amide bonds. The second-order valence-electron chi connectivity index (χ2n) is 6.02. The lowest BCUT2D eigenvalue weighted by molar-refractivity contribution is -0.138. The summed E-state index contributed by atoms with van der Waals surface area (Å²) in [5, 5.41) is 4.02. The van der Waals surface area contributed by atoms with Gasteiger partial charge in [0.05, 0.1) is 16.5 Å². The molecule has 0 bridgehead atoms. The molecule has 2 N–H and O–H groups in total. The largest absolute Gasteiger partial charge is 0.344 e.